The lowest BCUT2D eigenvalue weighted by Crippen LogP contribution is -2.58. The van der Waals surface area contributed by atoms with Crippen LogP contribution in [0.1, 0.15) is 18.9 Å². The molecule has 0 aromatic heterocycles. The van der Waals surface area contributed by atoms with Gasteiger partial charge in [0, 0.05) is 6.07 Å². The molecule has 104 valence electrons. The highest BCUT2D eigenvalue weighted by Crippen LogP contribution is 2.29. The van der Waals surface area contributed by atoms with Gasteiger partial charge in [0.2, 0.25) is 11.8 Å². The Morgan fingerprint density at radius 1 is 1.50 bits per heavy atom. The zero-order valence-electron chi connectivity index (χ0n) is 11.3. The number of methoxy groups -OCH3 is 1. The molecule has 1 atom stereocenters. The molecule has 1 saturated heterocycles. The minimum absolute atomic E-state index is 0.0477. The molecule has 0 saturated carbocycles. The topological polar surface area (TPSA) is 82.4 Å². The average molecular weight is 273 g/mol. The minimum Gasteiger partial charge on any atom is -0.497 e. The fourth-order valence-corrected chi connectivity index (χ4v) is 2.30. The van der Waals surface area contributed by atoms with E-state index in [0.29, 0.717) is 23.4 Å². The standard InChI is InChI=1S/C14H15N3O3/c1-3-11-14(19)16-13(18)8-17(11)12-6-10(20-2)5-4-9(12)7-15/h4-6,11H,3,8H2,1-2H3,(H,16,18,19). The number of hydrogen-bond donors (Lipinski definition) is 1. The lowest BCUT2D eigenvalue weighted by Gasteiger charge is -2.35. The summed E-state index contributed by atoms with van der Waals surface area (Å²) in [6.07, 6.45) is 0.543. The van der Waals surface area contributed by atoms with Crippen LogP contribution in [0.5, 0.6) is 5.75 Å². The van der Waals surface area contributed by atoms with E-state index in [1.807, 2.05) is 6.92 Å². The Morgan fingerprint density at radius 3 is 2.85 bits per heavy atom. The number of rotatable bonds is 3. The second-order valence-electron chi connectivity index (χ2n) is 4.46. The van der Waals surface area contributed by atoms with Gasteiger partial charge in [-0.1, -0.05) is 6.92 Å². The van der Waals surface area contributed by atoms with Gasteiger partial charge >= 0.3 is 0 Å². The molecule has 1 fully saturated rings. The van der Waals surface area contributed by atoms with E-state index >= 15 is 0 Å². The van der Waals surface area contributed by atoms with Gasteiger partial charge in [-0.2, -0.15) is 5.26 Å². The maximum Gasteiger partial charge on any atom is 0.249 e. The van der Waals surface area contributed by atoms with Crippen LogP contribution in [-0.4, -0.2) is 31.5 Å². The van der Waals surface area contributed by atoms with Crippen LogP contribution in [0.25, 0.3) is 0 Å². The van der Waals surface area contributed by atoms with E-state index in [-0.39, 0.29) is 18.4 Å². The molecule has 0 bridgehead atoms. The first-order valence-corrected chi connectivity index (χ1v) is 6.29. The smallest absolute Gasteiger partial charge is 0.249 e. The van der Waals surface area contributed by atoms with Crippen molar-refractivity contribution in [1.82, 2.24) is 5.32 Å². The quantitative estimate of drug-likeness (QED) is 0.824. The molecule has 0 radical (unpaired) electrons. The summed E-state index contributed by atoms with van der Waals surface area (Å²) >= 11 is 0. The highest BCUT2D eigenvalue weighted by Gasteiger charge is 2.33. The van der Waals surface area contributed by atoms with Crippen molar-refractivity contribution in [3.05, 3.63) is 23.8 Å². The maximum absolute atomic E-state index is 11.9. The lowest BCUT2D eigenvalue weighted by atomic mass is 10.1. The Morgan fingerprint density at radius 2 is 2.25 bits per heavy atom. The van der Waals surface area contributed by atoms with Gasteiger partial charge in [0.1, 0.15) is 17.9 Å². The summed E-state index contributed by atoms with van der Waals surface area (Å²) in [4.78, 5) is 25.1. The van der Waals surface area contributed by atoms with Gasteiger partial charge in [-0.25, -0.2) is 0 Å². The van der Waals surface area contributed by atoms with Crippen molar-refractivity contribution in [3.63, 3.8) is 0 Å². The number of anilines is 1. The first-order chi connectivity index (χ1) is 9.60. The highest BCUT2D eigenvalue weighted by molar-refractivity contribution is 6.04. The first kappa shape index (κ1) is 13.9. The number of imide groups is 1. The molecule has 1 aliphatic heterocycles. The molecule has 1 aliphatic rings. The largest absolute Gasteiger partial charge is 0.497 e. The van der Waals surface area contributed by atoms with E-state index < -0.39 is 6.04 Å². The first-order valence-electron chi connectivity index (χ1n) is 6.29. The molecule has 2 amide bonds. The fourth-order valence-electron chi connectivity index (χ4n) is 2.30. The van der Waals surface area contributed by atoms with Crippen LogP contribution in [-0.2, 0) is 9.59 Å². The molecule has 6 nitrogen and oxygen atoms in total. The second kappa shape index (κ2) is 5.61. The summed E-state index contributed by atoms with van der Waals surface area (Å²) in [6, 6.07) is 6.58. The van der Waals surface area contributed by atoms with Crippen molar-refractivity contribution < 1.29 is 14.3 Å². The number of carbonyl (C=O) groups is 2. The van der Waals surface area contributed by atoms with Crippen LogP contribution in [0.3, 0.4) is 0 Å². The normalized spacial score (nSPS) is 18.4. The lowest BCUT2D eigenvalue weighted by molar-refractivity contribution is -0.132. The average Bonchev–Trinajstić information content (AvgIpc) is 2.45. The van der Waals surface area contributed by atoms with Crippen molar-refractivity contribution in [3.8, 4) is 11.8 Å². The Bertz CT molecular complexity index is 592. The summed E-state index contributed by atoms with van der Waals surface area (Å²) in [5.74, 6) is -0.130. The van der Waals surface area contributed by atoms with E-state index in [0.717, 1.165) is 0 Å². The Balaban J connectivity index is 2.49. The van der Waals surface area contributed by atoms with Crippen LogP contribution < -0.4 is 15.0 Å². The molecule has 1 N–H and O–H groups in total. The van der Waals surface area contributed by atoms with Gasteiger partial charge in [0.25, 0.3) is 0 Å². The van der Waals surface area contributed by atoms with Gasteiger partial charge < -0.3 is 9.64 Å². The van der Waals surface area contributed by atoms with Crippen LogP contribution in [0.4, 0.5) is 5.69 Å². The van der Waals surface area contributed by atoms with Gasteiger partial charge in [0.15, 0.2) is 0 Å². The van der Waals surface area contributed by atoms with Gasteiger partial charge in [0.05, 0.1) is 24.9 Å². The van der Waals surface area contributed by atoms with Crippen molar-refractivity contribution in [2.75, 3.05) is 18.6 Å². The van der Waals surface area contributed by atoms with Crippen LogP contribution in [0, 0.1) is 11.3 Å². The number of piperazine rings is 1. The Kier molecular flexibility index (Phi) is 3.89. The van der Waals surface area contributed by atoms with Crippen LogP contribution >= 0.6 is 0 Å². The van der Waals surface area contributed by atoms with Crippen LogP contribution in [0.2, 0.25) is 0 Å². The van der Waals surface area contributed by atoms with E-state index in [1.165, 1.54) is 7.11 Å². The van der Waals surface area contributed by atoms with E-state index in [9.17, 15) is 14.9 Å². The number of carbonyl (C=O) groups excluding carboxylic acids is 2. The minimum atomic E-state index is -0.466. The summed E-state index contributed by atoms with van der Waals surface area (Å²) in [5.41, 5.74) is 0.952. The second-order valence-corrected chi connectivity index (χ2v) is 4.46. The third kappa shape index (κ3) is 2.43. The molecule has 1 unspecified atom stereocenters. The number of ether oxygens (including phenoxy) is 1. The monoisotopic (exact) mass is 273 g/mol. The van der Waals surface area contributed by atoms with Crippen molar-refractivity contribution in [2.45, 2.75) is 19.4 Å². The third-order valence-corrected chi connectivity index (χ3v) is 3.28. The van der Waals surface area contributed by atoms with Gasteiger partial charge in [-0.15, -0.1) is 0 Å². The highest BCUT2D eigenvalue weighted by atomic mass is 16.5. The van der Waals surface area contributed by atoms with Crippen molar-refractivity contribution in [2.24, 2.45) is 0 Å². The van der Waals surface area contributed by atoms with E-state index in [2.05, 4.69) is 11.4 Å². The van der Waals surface area contributed by atoms with Gasteiger partial charge in [-0.3, -0.25) is 14.9 Å². The predicted octanol–water partition coefficient (Wildman–Crippen LogP) is 0.808. The SMILES string of the molecule is CCC1C(=O)NC(=O)CN1c1cc(OC)ccc1C#N. The molecule has 2 rings (SSSR count). The number of nitrogens with one attached hydrogen (secondary N) is 1. The number of amides is 2. The maximum atomic E-state index is 11.9. The van der Waals surface area contributed by atoms with Crippen molar-refractivity contribution in [1.29, 1.82) is 5.26 Å². The van der Waals surface area contributed by atoms with E-state index in [1.54, 1.807) is 23.1 Å². The molecular weight excluding hydrogens is 258 g/mol. The molecular formula is C14H15N3O3. The zero-order valence-corrected chi connectivity index (χ0v) is 11.3. The number of hydrogen-bond acceptors (Lipinski definition) is 5. The van der Waals surface area contributed by atoms with Gasteiger partial charge in [-0.05, 0) is 18.6 Å². The number of nitrogens with zero attached hydrogens (tertiary/aromatic N) is 2. The summed E-state index contributed by atoms with van der Waals surface area (Å²) in [5, 5.41) is 11.5. The van der Waals surface area contributed by atoms with Crippen LogP contribution in [0.15, 0.2) is 18.2 Å². The fraction of sp³-hybridized carbons (Fsp3) is 0.357. The Labute approximate surface area is 116 Å². The summed E-state index contributed by atoms with van der Waals surface area (Å²) < 4.78 is 5.15. The Hall–Kier alpha value is -2.55. The predicted molar refractivity (Wildman–Crippen MR) is 72.3 cm³/mol. The molecule has 0 spiro atoms. The third-order valence-electron chi connectivity index (χ3n) is 3.28. The molecule has 20 heavy (non-hydrogen) atoms. The molecule has 1 aromatic rings. The number of benzene rings is 1. The summed E-state index contributed by atoms with van der Waals surface area (Å²) in [7, 11) is 1.52. The molecule has 0 aliphatic carbocycles. The molecule has 1 heterocycles. The summed E-state index contributed by atoms with van der Waals surface area (Å²) in [6.45, 7) is 1.91. The molecule has 1 aromatic carbocycles. The van der Waals surface area contributed by atoms with Crippen molar-refractivity contribution >= 4 is 17.5 Å². The zero-order chi connectivity index (χ0) is 14.7. The van der Waals surface area contributed by atoms with E-state index in [4.69, 9.17) is 4.74 Å². The number of nitriles is 1. The molecule has 6 heteroatoms.